The van der Waals surface area contributed by atoms with Crippen molar-refractivity contribution < 1.29 is 4.74 Å². The van der Waals surface area contributed by atoms with Crippen LogP contribution in [0.4, 0.5) is 0 Å². The lowest BCUT2D eigenvalue weighted by Crippen LogP contribution is -2.37. The topological polar surface area (TPSA) is 45.0 Å². The van der Waals surface area contributed by atoms with E-state index in [2.05, 4.69) is 25.2 Å². The highest BCUT2D eigenvalue weighted by Gasteiger charge is 2.24. The van der Waals surface area contributed by atoms with Crippen molar-refractivity contribution in [2.24, 2.45) is 11.8 Å². The zero-order valence-corrected chi connectivity index (χ0v) is 13.0. The standard InChI is InChI=1S/C16H30N2O/c1-13-9-14(2)11-15(10-13)19-8-6-5-7-16(3,12-17)18-4/h13-15,18H,5-11H2,1-4H3. The minimum Gasteiger partial charge on any atom is -0.378 e. The van der Waals surface area contributed by atoms with Crippen LogP contribution in [-0.4, -0.2) is 25.3 Å². The van der Waals surface area contributed by atoms with Crippen LogP contribution in [0.3, 0.4) is 0 Å². The molecule has 0 aliphatic heterocycles. The number of nitriles is 1. The van der Waals surface area contributed by atoms with Gasteiger partial charge < -0.3 is 10.1 Å². The summed E-state index contributed by atoms with van der Waals surface area (Å²) in [5, 5.41) is 12.1. The molecule has 1 saturated carbocycles. The van der Waals surface area contributed by atoms with Gasteiger partial charge in [-0.25, -0.2) is 0 Å². The normalized spacial score (nSPS) is 30.6. The molecule has 0 heterocycles. The maximum absolute atomic E-state index is 9.06. The molecule has 0 aromatic heterocycles. The first-order valence-electron chi connectivity index (χ1n) is 7.71. The largest absolute Gasteiger partial charge is 0.378 e. The van der Waals surface area contributed by atoms with E-state index in [0.717, 1.165) is 37.7 Å². The Balaban J connectivity index is 2.13. The number of nitrogens with one attached hydrogen (secondary N) is 1. The van der Waals surface area contributed by atoms with Gasteiger partial charge in [-0.15, -0.1) is 0 Å². The molecule has 1 rings (SSSR count). The van der Waals surface area contributed by atoms with Crippen LogP contribution in [0.2, 0.25) is 0 Å². The fourth-order valence-electron chi connectivity index (χ4n) is 3.08. The Labute approximate surface area is 118 Å². The smallest absolute Gasteiger partial charge is 0.103 e. The highest BCUT2D eigenvalue weighted by atomic mass is 16.5. The molecule has 1 fully saturated rings. The SMILES string of the molecule is CNC(C)(C#N)CCCCOC1CC(C)CC(C)C1. The second-order valence-corrected chi connectivity index (χ2v) is 6.56. The maximum atomic E-state index is 9.06. The highest BCUT2D eigenvalue weighted by Crippen LogP contribution is 2.30. The molecule has 0 aromatic rings. The molecule has 1 N–H and O–H groups in total. The lowest BCUT2D eigenvalue weighted by atomic mass is 9.82. The highest BCUT2D eigenvalue weighted by molar-refractivity contribution is 5.02. The lowest BCUT2D eigenvalue weighted by Gasteiger charge is -2.31. The van der Waals surface area contributed by atoms with Gasteiger partial charge in [0.2, 0.25) is 0 Å². The van der Waals surface area contributed by atoms with E-state index >= 15 is 0 Å². The van der Waals surface area contributed by atoms with Gasteiger partial charge in [-0.3, -0.25) is 0 Å². The number of rotatable bonds is 7. The van der Waals surface area contributed by atoms with E-state index in [0.29, 0.717) is 6.10 Å². The van der Waals surface area contributed by atoms with Crippen LogP contribution in [-0.2, 0) is 4.74 Å². The Bertz CT molecular complexity index is 290. The summed E-state index contributed by atoms with van der Waals surface area (Å²) in [6.45, 7) is 7.46. The Morgan fingerprint density at radius 1 is 1.21 bits per heavy atom. The van der Waals surface area contributed by atoms with Crippen LogP contribution in [0, 0.1) is 23.2 Å². The van der Waals surface area contributed by atoms with Crippen molar-refractivity contribution in [3.8, 4) is 6.07 Å². The van der Waals surface area contributed by atoms with Crippen molar-refractivity contribution in [3.05, 3.63) is 0 Å². The number of unbranched alkanes of at least 4 members (excludes halogenated alkanes) is 1. The first kappa shape index (κ1) is 16.5. The third kappa shape index (κ3) is 5.93. The van der Waals surface area contributed by atoms with E-state index in [1.807, 2.05) is 14.0 Å². The number of hydrogen-bond donors (Lipinski definition) is 1. The first-order chi connectivity index (χ1) is 8.99. The summed E-state index contributed by atoms with van der Waals surface area (Å²) >= 11 is 0. The molecule has 110 valence electrons. The fourth-order valence-corrected chi connectivity index (χ4v) is 3.08. The summed E-state index contributed by atoms with van der Waals surface area (Å²) in [6.07, 6.45) is 7.24. The summed E-state index contributed by atoms with van der Waals surface area (Å²) in [5.41, 5.74) is -0.381. The van der Waals surface area contributed by atoms with E-state index in [9.17, 15) is 0 Å². The van der Waals surface area contributed by atoms with E-state index < -0.39 is 0 Å². The summed E-state index contributed by atoms with van der Waals surface area (Å²) in [5.74, 6) is 1.61. The van der Waals surface area contributed by atoms with Gasteiger partial charge in [-0.1, -0.05) is 13.8 Å². The molecule has 0 bridgehead atoms. The van der Waals surface area contributed by atoms with Crippen LogP contribution in [0.5, 0.6) is 0 Å². The third-order valence-corrected chi connectivity index (χ3v) is 4.36. The third-order valence-electron chi connectivity index (χ3n) is 4.36. The van der Waals surface area contributed by atoms with Crippen LogP contribution >= 0.6 is 0 Å². The molecule has 3 unspecified atom stereocenters. The minimum absolute atomic E-state index is 0.381. The second-order valence-electron chi connectivity index (χ2n) is 6.56. The molecule has 0 saturated heterocycles. The summed E-state index contributed by atoms with van der Waals surface area (Å²) in [7, 11) is 1.85. The Morgan fingerprint density at radius 2 is 1.84 bits per heavy atom. The van der Waals surface area contributed by atoms with Gasteiger partial charge in [0.15, 0.2) is 0 Å². The van der Waals surface area contributed by atoms with Gasteiger partial charge in [-0.05, 0) is 64.3 Å². The molecule has 0 radical (unpaired) electrons. The second kappa shape index (κ2) is 7.87. The number of ether oxygens (including phenoxy) is 1. The molecule has 0 aromatic carbocycles. The fraction of sp³-hybridized carbons (Fsp3) is 0.938. The molecule has 3 heteroatoms. The van der Waals surface area contributed by atoms with Crippen molar-refractivity contribution in [2.45, 2.75) is 70.9 Å². The minimum atomic E-state index is -0.381. The number of nitrogens with zero attached hydrogens (tertiary/aromatic N) is 1. The average Bonchev–Trinajstić information content (AvgIpc) is 2.37. The zero-order valence-electron chi connectivity index (χ0n) is 13.0. The predicted molar refractivity (Wildman–Crippen MR) is 78.8 cm³/mol. The predicted octanol–water partition coefficient (Wildman–Crippen LogP) is 3.50. The molecule has 0 spiro atoms. The summed E-state index contributed by atoms with van der Waals surface area (Å²) in [6, 6.07) is 2.33. The molecule has 19 heavy (non-hydrogen) atoms. The van der Waals surface area contributed by atoms with Gasteiger partial charge in [0.1, 0.15) is 5.54 Å². The lowest BCUT2D eigenvalue weighted by molar-refractivity contribution is -0.000860. The zero-order chi connectivity index (χ0) is 14.3. The van der Waals surface area contributed by atoms with Crippen LogP contribution in [0.15, 0.2) is 0 Å². The van der Waals surface area contributed by atoms with Crippen LogP contribution < -0.4 is 5.32 Å². The summed E-state index contributed by atoms with van der Waals surface area (Å²) < 4.78 is 6.00. The van der Waals surface area contributed by atoms with E-state index in [4.69, 9.17) is 10.00 Å². The maximum Gasteiger partial charge on any atom is 0.103 e. The average molecular weight is 266 g/mol. The summed E-state index contributed by atoms with van der Waals surface area (Å²) in [4.78, 5) is 0. The van der Waals surface area contributed by atoms with Crippen molar-refractivity contribution >= 4 is 0 Å². The molecular weight excluding hydrogens is 236 g/mol. The van der Waals surface area contributed by atoms with Crippen LogP contribution in [0.25, 0.3) is 0 Å². The Hall–Kier alpha value is -0.590. The van der Waals surface area contributed by atoms with Gasteiger partial charge in [0, 0.05) is 6.61 Å². The van der Waals surface area contributed by atoms with Gasteiger partial charge in [0.25, 0.3) is 0 Å². The van der Waals surface area contributed by atoms with Crippen molar-refractivity contribution in [2.75, 3.05) is 13.7 Å². The van der Waals surface area contributed by atoms with Gasteiger partial charge in [-0.2, -0.15) is 5.26 Å². The Morgan fingerprint density at radius 3 is 2.37 bits per heavy atom. The van der Waals surface area contributed by atoms with Crippen molar-refractivity contribution in [1.82, 2.24) is 5.32 Å². The van der Waals surface area contributed by atoms with E-state index in [1.165, 1.54) is 19.3 Å². The molecule has 3 nitrogen and oxygen atoms in total. The molecular formula is C16H30N2O. The first-order valence-corrected chi connectivity index (χ1v) is 7.71. The van der Waals surface area contributed by atoms with E-state index in [-0.39, 0.29) is 5.54 Å². The van der Waals surface area contributed by atoms with Gasteiger partial charge >= 0.3 is 0 Å². The quantitative estimate of drug-likeness (QED) is 0.717. The number of hydrogen-bond acceptors (Lipinski definition) is 3. The molecule has 3 atom stereocenters. The van der Waals surface area contributed by atoms with Crippen molar-refractivity contribution in [3.63, 3.8) is 0 Å². The Kier molecular flexibility index (Phi) is 6.82. The van der Waals surface area contributed by atoms with Crippen molar-refractivity contribution in [1.29, 1.82) is 5.26 Å². The molecule has 0 amide bonds. The van der Waals surface area contributed by atoms with Crippen LogP contribution in [0.1, 0.15) is 59.3 Å². The van der Waals surface area contributed by atoms with Gasteiger partial charge in [0.05, 0.1) is 12.2 Å². The monoisotopic (exact) mass is 266 g/mol. The van der Waals surface area contributed by atoms with E-state index in [1.54, 1.807) is 0 Å². The molecule has 1 aliphatic carbocycles. The molecule has 1 aliphatic rings.